The molecule has 0 radical (unpaired) electrons. The van der Waals surface area contributed by atoms with Crippen molar-refractivity contribution in [3.8, 4) is 0 Å². The van der Waals surface area contributed by atoms with Crippen molar-refractivity contribution in [2.24, 2.45) is 0 Å². The van der Waals surface area contributed by atoms with Crippen LogP contribution in [0.5, 0.6) is 0 Å². The van der Waals surface area contributed by atoms with E-state index in [-0.39, 0.29) is 22.1 Å². The van der Waals surface area contributed by atoms with E-state index in [4.69, 9.17) is 12.2 Å². The number of nitro benzene ring substituents is 1. The molecule has 3 aromatic rings. The first-order valence-corrected chi connectivity index (χ1v) is 10.6. The van der Waals surface area contributed by atoms with Crippen molar-refractivity contribution < 1.29 is 23.4 Å². The standard InChI is InChI=1S/C22H17F2N3O3S2/c1-14-3-2-12-26(13-14)19(20(28)15-4-8-17(9-5-15)27(29)30)21(31)25-16-6-10-18(11-7-16)32-22(23)24/h2-13,22H,1H3,(H-,25,28,31)/p+1. The van der Waals surface area contributed by atoms with Crippen LogP contribution in [0.1, 0.15) is 11.1 Å². The molecule has 32 heavy (non-hydrogen) atoms. The zero-order valence-electron chi connectivity index (χ0n) is 16.7. The second kappa shape index (κ2) is 10.3. The molecule has 2 aromatic carbocycles. The number of nitrogens with one attached hydrogen (secondary N) is 1. The number of aliphatic hydroxyl groups is 1. The molecular formula is C22H18F2N3O3S2+. The van der Waals surface area contributed by atoms with Crippen LogP contribution in [-0.2, 0) is 0 Å². The topological polar surface area (TPSA) is 79.3 Å². The molecule has 0 unspecified atom stereocenters. The fourth-order valence-electron chi connectivity index (χ4n) is 2.87. The third-order valence-corrected chi connectivity index (χ3v) is 5.35. The summed E-state index contributed by atoms with van der Waals surface area (Å²) in [6.45, 7) is 1.88. The Morgan fingerprint density at radius 3 is 2.38 bits per heavy atom. The lowest BCUT2D eigenvalue weighted by Gasteiger charge is -2.11. The number of nitro groups is 1. The molecule has 0 aliphatic carbocycles. The van der Waals surface area contributed by atoms with Gasteiger partial charge in [-0.25, -0.2) is 0 Å². The molecule has 0 bridgehead atoms. The Bertz CT molecular complexity index is 1170. The van der Waals surface area contributed by atoms with Gasteiger partial charge in [0.05, 0.1) is 4.92 Å². The maximum absolute atomic E-state index is 12.5. The Balaban J connectivity index is 1.98. The number of aliphatic hydroxyl groups excluding tert-OH is 1. The maximum atomic E-state index is 12.5. The second-order valence-electron chi connectivity index (χ2n) is 6.65. The average Bonchev–Trinajstić information content (AvgIpc) is 2.75. The van der Waals surface area contributed by atoms with E-state index in [1.54, 1.807) is 47.3 Å². The number of halogens is 2. The quantitative estimate of drug-likeness (QED) is 0.0853. The van der Waals surface area contributed by atoms with Crippen LogP contribution in [0.4, 0.5) is 20.2 Å². The summed E-state index contributed by atoms with van der Waals surface area (Å²) in [5.74, 6) is -2.70. The van der Waals surface area contributed by atoms with Gasteiger partial charge >= 0.3 is 0 Å². The fraction of sp³-hybridized carbons (Fsp3) is 0.0909. The van der Waals surface area contributed by atoms with Crippen molar-refractivity contribution >= 4 is 51.8 Å². The molecule has 0 amide bonds. The van der Waals surface area contributed by atoms with Crippen LogP contribution in [0.3, 0.4) is 0 Å². The summed E-state index contributed by atoms with van der Waals surface area (Å²) in [5.41, 5.74) is 1.96. The number of thiocarbonyl (C=S) groups is 1. The molecule has 0 fully saturated rings. The zero-order chi connectivity index (χ0) is 23.3. The number of hydrogen-bond acceptors (Lipinski definition) is 5. The number of hydrogen-bond donors (Lipinski definition) is 2. The molecule has 3 rings (SSSR count). The molecule has 0 saturated heterocycles. The van der Waals surface area contributed by atoms with Crippen LogP contribution in [0.2, 0.25) is 0 Å². The normalized spacial score (nSPS) is 11.8. The Kier molecular flexibility index (Phi) is 7.49. The Hall–Kier alpha value is -3.37. The summed E-state index contributed by atoms with van der Waals surface area (Å²) in [5, 5.41) is 25.0. The molecule has 2 N–H and O–H groups in total. The van der Waals surface area contributed by atoms with Gasteiger partial charge < -0.3 is 10.4 Å². The van der Waals surface area contributed by atoms with Gasteiger partial charge in [-0.05, 0) is 49.4 Å². The number of thioether (sulfide) groups is 1. The van der Waals surface area contributed by atoms with E-state index in [9.17, 15) is 24.0 Å². The molecule has 164 valence electrons. The fourth-order valence-corrected chi connectivity index (χ4v) is 3.69. The van der Waals surface area contributed by atoms with Crippen LogP contribution in [-0.4, -0.2) is 20.8 Å². The van der Waals surface area contributed by atoms with Crippen LogP contribution in [0, 0.1) is 17.0 Å². The molecule has 6 nitrogen and oxygen atoms in total. The smallest absolute Gasteiger partial charge is 0.288 e. The predicted molar refractivity (Wildman–Crippen MR) is 125 cm³/mol. The van der Waals surface area contributed by atoms with Gasteiger partial charge in [0, 0.05) is 39.9 Å². The Morgan fingerprint density at radius 1 is 1.16 bits per heavy atom. The van der Waals surface area contributed by atoms with E-state index < -0.39 is 10.7 Å². The molecule has 0 aliphatic heterocycles. The van der Waals surface area contributed by atoms with Crippen molar-refractivity contribution in [3.05, 3.63) is 94.3 Å². The number of non-ortho nitro benzene ring substituents is 1. The molecule has 0 saturated carbocycles. The summed E-state index contributed by atoms with van der Waals surface area (Å²) < 4.78 is 26.7. The van der Waals surface area contributed by atoms with Gasteiger partial charge in [0.15, 0.2) is 23.1 Å². The summed E-state index contributed by atoms with van der Waals surface area (Å²) >= 11 is 5.99. The van der Waals surface area contributed by atoms with E-state index >= 15 is 0 Å². The lowest BCUT2D eigenvalue weighted by atomic mass is 10.1. The van der Waals surface area contributed by atoms with Gasteiger partial charge in [0.2, 0.25) is 0 Å². The molecule has 1 aromatic heterocycles. The Morgan fingerprint density at radius 2 is 1.81 bits per heavy atom. The minimum Gasteiger partial charge on any atom is -0.502 e. The molecular weight excluding hydrogens is 456 g/mol. The number of aromatic nitrogens is 1. The number of pyridine rings is 1. The summed E-state index contributed by atoms with van der Waals surface area (Å²) in [4.78, 5) is 11.0. The Labute approximate surface area is 192 Å². The third kappa shape index (κ3) is 5.86. The number of aryl methyl sites for hydroxylation is 1. The minimum atomic E-state index is -2.51. The monoisotopic (exact) mass is 474 g/mol. The van der Waals surface area contributed by atoms with Gasteiger partial charge in [0.1, 0.15) is 0 Å². The van der Waals surface area contributed by atoms with Crippen molar-refractivity contribution in [2.75, 3.05) is 5.32 Å². The minimum absolute atomic E-state index is 0.103. The lowest BCUT2D eigenvalue weighted by Crippen LogP contribution is -2.38. The van der Waals surface area contributed by atoms with E-state index in [0.29, 0.717) is 27.9 Å². The van der Waals surface area contributed by atoms with Crippen molar-refractivity contribution in [1.82, 2.24) is 0 Å². The number of alkyl halides is 2. The van der Waals surface area contributed by atoms with Crippen molar-refractivity contribution in [1.29, 1.82) is 0 Å². The van der Waals surface area contributed by atoms with Gasteiger partial charge in [-0.2, -0.15) is 13.3 Å². The van der Waals surface area contributed by atoms with Gasteiger partial charge in [-0.15, -0.1) is 0 Å². The van der Waals surface area contributed by atoms with Gasteiger partial charge in [0.25, 0.3) is 17.1 Å². The molecule has 0 atom stereocenters. The van der Waals surface area contributed by atoms with Crippen LogP contribution >= 0.6 is 24.0 Å². The van der Waals surface area contributed by atoms with E-state index in [1.165, 1.54) is 24.3 Å². The highest BCUT2D eigenvalue weighted by molar-refractivity contribution is 7.99. The summed E-state index contributed by atoms with van der Waals surface area (Å²) in [7, 11) is 0. The van der Waals surface area contributed by atoms with E-state index in [2.05, 4.69) is 5.32 Å². The molecule has 10 heteroatoms. The highest BCUT2D eigenvalue weighted by atomic mass is 32.2. The first kappa shape index (κ1) is 23.3. The molecule has 1 heterocycles. The maximum Gasteiger partial charge on any atom is 0.288 e. The van der Waals surface area contributed by atoms with Gasteiger partial charge in [-0.3, -0.25) is 10.1 Å². The molecule has 0 aliphatic rings. The zero-order valence-corrected chi connectivity index (χ0v) is 18.4. The number of nitrogens with zero attached hydrogens (tertiary/aromatic N) is 2. The average molecular weight is 475 g/mol. The van der Waals surface area contributed by atoms with Crippen molar-refractivity contribution in [3.63, 3.8) is 0 Å². The third-order valence-electron chi connectivity index (χ3n) is 4.33. The van der Waals surface area contributed by atoms with Crippen LogP contribution in [0.15, 0.2) is 78.0 Å². The number of anilines is 1. The first-order chi connectivity index (χ1) is 15.2. The SMILES string of the molecule is Cc1ccc[n+](/C(C(=S)Nc2ccc(SC(F)F)cc2)=C(/O)c2ccc([N+](=O)[O-])cc2)c1. The van der Waals surface area contributed by atoms with Crippen LogP contribution < -0.4 is 9.88 Å². The summed E-state index contributed by atoms with van der Waals surface area (Å²) in [6.07, 6.45) is 3.48. The largest absolute Gasteiger partial charge is 0.502 e. The second-order valence-corrected chi connectivity index (χ2v) is 8.12. The molecule has 0 spiro atoms. The highest BCUT2D eigenvalue weighted by Gasteiger charge is 2.24. The first-order valence-electron chi connectivity index (χ1n) is 9.27. The predicted octanol–water partition coefficient (Wildman–Crippen LogP) is 5.83. The van der Waals surface area contributed by atoms with Gasteiger partial charge in [-0.1, -0.05) is 24.0 Å². The summed E-state index contributed by atoms with van der Waals surface area (Å²) in [6, 6.07) is 15.4. The van der Waals surface area contributed by atoms with Crippen molar-refractivity contribution in [2.45, 2.75) is 17.6 Å². The highest BCUT2D eigenvalue weighted by Crippen LogP contribution is 2.27. The lowest BCUT2D eigenvalue weighted by molar-refractivity contribution is -0.576. The van der Waals surface area contributed by atoms with E-state index in [1.807, 2.05) is 13.0 Å². The van der Waals surface area contributed by atoms with Crippen LogP contribution in [0.25, 0.3) is 11.5 Å². The van der Waals surface area contributed by atoms with E-state index in [0.717, 1.165) is 5.56 Å². The number of rotatable bonds is 7. The number of benzene rings is 2.